The van der Waals surface area contributed by atoms with Gasteiger partial charge in [0.2, 0.25) is 5.91 Å². The van der Waals surface area contributed by atoms with Gasteiger partial charge in [-0.1, -0.05) is 39.0 Å². The molecule has 0 aliphatic carbocycles. The second-order valence-electron chi connectivity index (χ2n) is 5.20. The molecular weight excluding hydrogens is 230 g/mol. The zero-order valence-corrected chi connectivity index (χ0v) is 11.4. The van der Waals surface area contributed by atoms with Crippen molar-refractivity contribution in [2.45, 2.75) is 58.3 Å². The molecule has 104 valence electrons. The molecule has 1 saturated heterocycles. The molecule has 4 heteroatoms. The highest BCUT2D eigenvalue weighted by molar-refractivity contribution is 5.83. The van der Waals surface area contributed by atoms with E-state index < -0.39 is 5.97 Å². The van der Waals surface area contributed by atoms with Gasteiger partial charge in [-0.2, -0.15) is 0 Å². The van der Waals surface area contributed by atoms with Crippen molar-refractivity contribution in [2.24, 2.45) is 5.92 Å². The second-order valence-corrected chi connectivity index (χ2v) is 5.20. The topological polar surface area (TPSA) is 57.6 Å². The summed E-state index contributed by atoms with van der Waals surface area (Å²) < 4.78 is 0. The summed E-state index contributed by atoms with van der Waals surface area (Å²) in [4.78, 5) is 24.5. The lowest BCUT2D eigenvalue weighted by atomic mass is 9.95. The summed E-state index contributed by atoms with van der Waals surface area (Å²) in [6.45, 7) is 2.65. The zero-order chi connectivity index (χ0) is 13.4. The van der Waals surface area contributed by atoms with Gasteiger partial charge in [-0.15, -0.1) is 0 Å². The predicted molar refractivity (Wildman–Crippen MR) is 70.3 cm³/mol. The quantitative estimate of drug-likeness (QED) is 0.711. The molecule has 0 spiro atoms. The summed E-state index contributed by atoms with van der Waals surface area (Å²) in [7, 11) is 0. The Hall–Kier alpha value is -1.06. The molecule has 1 heterocycles. The van der Waals surface area contributed by atoms with E-state index in [4.69, 9.17) is 5.11 Å². The van der Waals surface area contributed by atoms with Crippen LogP contribution in [0.2, 0.25) is 0 Å². The highest BCUT2D eigenvalue weighted by Crippen LogP contribution is 2.23. The standard InChI is InChI=1S/C14H25NO3/c1-2-3-4-5-8-12-9-6-7-10-15(14(12)18)11-13(16)17/h12H,2-11H2,1H3,(H,16,17). The molecule has 1 aliphatic heterocycles. The maximum atomic E-state index is 12.2. The third-order valence-electron chi connectivity index (χ3n) is 3.62. The summed E-state index contributed by atoms with van der Waals surface area (Å²) in [5.41, 5.74) is 0. The molecule has 0 aromatic carbocycles. The lowest BCUT2D eigenvalue weighted by molar-refractivity contribution is -0.146. The lowest BCUT2D eigenvalue weighted by Gasteiger charge is -2.22. The van der Waals surface area contributed by atoms with Gasteiger partial charge in [-0.25, -0.2) is 0 Å². The SMILES string of the molecule is CCCCCCC1CCCCN(CC(=O)O)C1=O. The summed E-state index contributed by atoms with van der Waals surface area (Å²) in [6.07, 6.45) is 8.52. The number of hydrogen-bond acceptors (Lipinski definition) is 2. The van der Waals surface area contributed by atoms with Crippen LogP contribution in [-0.4, -0.2) is 35.0 Å². The summed E-state index contributed by atoms with van der Waals surface area (Å²) in [6, 6.07) is 0. The van der Waals surface area contributed by atoms with Gasteiger partial charge < -0.3 is 10.0 Å². The number of amides is 1. The van der Waals surface area contributed by atoms with Crippen molar-refractivity contribution < 1.29 is 14.7 Å². The van der Waals surface area contributed by atoms with E-state index in [2.05, 4.69) is 6.92 Å². The molecule has 4 nitrogen and oxygen atoms in total. The van der Waals surface area contributed by atoms with Crippen LogP contribution >= 0.6 is 0 Å². The van der Waals surface area contributed by atoms with E-state index in [0.717, 1.165) is 32.1 Å². The van der Waals surface area contributed by atoms with Crippen molar-refractivity contribution in [3.63, 3.8) is 0 Å². The minimum absolute atomic E-state index is 0.0590. The molecule has 1 rings (SSSR count). The number of unbranched alkanes of at least 4 members (excludes halogenated alkanes) is 3. The highest BCUT2D eigenvalue weighted by atomic mass is 16.4. The van der Waals surface area contributed by atoms with Gasteiger partial charge in [0.1, 0.15) is 6.54 Å². The Morgan fingerprint density at radius 1 is 1.33 bits per heavy atom. The molecule has 1 unspecified atom stereocenters. The Bertz CT molecular complexity index is 278. The number of carboxylic acids is 1. The van der Waals surface area contributed by atoms with Gasteiger partial charge in [0, 0.05) is 12.5 Å². The van der Waals surface area contributed by atoms with Gasteiger partial charge >= 0.3 is 5.97 Å². The number of carbonyl (C=O) groups excluding carboxylic acids is 1. The molecule has 0 aromatic rings. The minimum Gasteiger partial charge on any atom is -0.480 e. The van der Waals surface area contributed by atoms with Crippen LogP contribution in [-0.2, 0) is 9.59 Å². The molecule has 1 aliphatic rings. The normalized spacial score (nSPS) is 20.8. The Morgan fingerprint density at radius 3 is 2.78 bits per heavy atom. The third kappa shape index (κ3) is 5.07. The first-order chi connectivity index (χ1) is 8.65. The van der Waals surface area contributed by atoms with Crippen LogP contribution < -0.4 is 0 Å². The van der Waals surface area contributed by atoms with Gasteiger partial charge in [-0.05, 0) is 19.3 Å². The highest BCUT2D eigenvalue weighted by Gasteiger charge is 2.27. The number of aliphatic carboxylic acids is 1. The second kappa shape index (κ2) is 8.11. The monoisotopic (exact) mass is 255 g/mol. The van der Waals surface area contributed by atoms with Crippen LogP contribution in [0, 0.1) is 5.92 Å². The fourth-order valence-corrected chi connectivity index (χ4v) is 2.59. The fraction of sp³-hybridized carbons (Fsp3) is 0.857. The Kier molecular flexibility index (Phi) is 6.76. The first-order valence-corrected chi connectivity index (χ1v) is 7.15. The number of hydrogen-bond donors (Lipinski definition) is 1. The van der Waals surface area contributed by atoms with E-state index >= 15 is 0 Å². The van der Waals surface area contributed by atoms with Crippen LogP contribution in [0.3, 0.4) is 0 Å². The lowest BCUT2D eigenvalue weighted by Crippen LogP contribution is -2.38. The molecule has 1 fully saturated rings. The number of carbonyl (C=O) groups is 2. The maximum Gasteiger partial charge on any atom is 0.323 e. The molecular formula is C14H25NO3. The van der Waals surface area contributed by atoms with E-state index in [1.807, 2.05) is 0 Å². The van der Waals surface area contributed by atoms with Crippen molar-refractivity contribution >= 4 is 11.9 Å². The van der Waals surface area contributed by atoms with Crippen molar-refractivity contribution in [3.05, 3.63) is 0 Å². The fourth-order valence-electron chi connectivity index (χ4n) is 2.59. The number of carboxylic acid groups (broad SMARTS) is 1. The smallest absolute Gasteiger partial charge is 0.323 e. The summed E-state index contributed by atoms with van der Waals surface area (Å²) in [5.74, 6) is -0.787. The van der Waals surface area contributed by atoms with Gasteiger partial charge in [0.05, 0.1) is 0 Å². The average molecular weight is 255 g/mol. The predicted octanol–water partition coefficient (Wildman–Crippen LogP) is 2.67. The molecule has 1 atom stereocenters. The molecule has 0 bridgehead atoms. The van der Waals surface area contributed by atoms with Gasteiger partial charge in [0.25, 0.3) is 0 Å². The van der Waals surface area contributed by atoms with Crippen LogP contribution in [0.1, 0.15) is 58.3 Å². The number of rotatable bonds is 7. The van der Waals surface area contributed by atoms with Gasteiger partial charge in [0.15, 0.2) is 0 Å². The van der Waals surface area contributed by atoms with Crippen LogP contribution in [0.15, 0.2) is 0 Å². The molecule has 1 N–H and O–H groups in total. The molecule has 0 radical (unpaired) electrons. The average Bonchev–Trinajstić information content (AvgIpc) is 2.49. The number of nitrogens with zero attached hydrogens (tertiary/aromatic N) is 1. The molecule has 1 amide bonds. The van der Waals surface area contributed by atoms with Crippen LogP contribution in [0.4, 0.5) is 0 Å². The summed E-state index contributed by atoms with van der Waals surface area (Å²) in [5, 5.41) is 8.81. The van der Waals surface area contributed by atoms with E-state index in [9.17, 15) is 9.59 Å². The molecule has 18 heavy (non-hydrogen) atoms. The van der Waals surface area contributed by atoms with Crippen molar-refractivity contribution in [3.8, 4) is 0 Å². The van der Waals surface area contributed by atoms with Crippen molar-refractivity contribution in [1.82, 2.24) is 4.90 Å². The minimum atomic E-state index is -0.907. The van der Waals surface area contributed by atoms with Crippen LogP contribution in [0.5, 0.6) is 0 Å². The van der Waals surface area contributed by atoms with Crippen molar-refractivity contribution in [2.75, 3.05) is 13.1 Å². The third-order valence-corrected chi connectivity index (χ3v) is 3.62. The summed E-state index contributed by atoms with van der Waals surface area (Å²) >= 11 is 0. The zero-order valence-electron chi connectivity index (χ0n) is 11.4. The first kappa shape index (κ1) is 15.0. The van der Waals surface area contributed by atoms with E-state index in [1.54, 1.807) is 0 Å². The van der Waals surface area contributed by atoms with Crippen molar-refractivity contribution in [1.29, 1.82) is 0 Å². The van der Waals surface area contributed by atoms with E-state index in [1.165, 1.54) is 24.2 Å². The number of likely N-dealkylation sites (tertiary alicyclic amines) is 1. The Labute approximate surface area is 109 Å². The molecule has 0 aromatic heterocycles. The Morgan fingerprint density at radius 2 is 2.11 bits per heavy atom. The Balaban J connectivity index is 2.44. The van der Waals surface area contributed by atoms with Crippen LogP contribution in [0.25, 0.3) is 0 Å². The largest absolute Gasteiger partial charge is 0.480 e. The van der Waals surface area contributed by atoms with E-state index in [-0.39, 0.29) is 18.4 Å². The van der Waals surface area contributed by atoms with Gasteiger partial charge in [-0.3, -0.25) is 9.59 Å². The maximum absolute atomic E-state index is 12.2. The van der Waals surface area contributed by atoms with E-state index in [0.29, 0.717) is 6.54 Å². The molecule has 0 saturated carbocycles. The first-order valence-electron chi connectivity index (χ1n) is 7.15.